The van der Waals surface area contributed by atoms with Crippen molar-refractivity contribution < 1.29 is 40.9 Å². The van der Waals surface area contributed by atoms with Crippen LogP contribution in [0.2, 0.25) is 0 Å². The van der Waals surface area contributed by atoms with Crippen molar-refractivity contribution in [3.63, 3.8) is 0 Å². The van der Waals surface area contributed by atoms with E-state index in [4.69, 9.17) is 11.5 Å². The van der Waals surface area contributed by atoms with Gasteiger partial charge >= 0.3 is 21.1 Å². The Kier molecular flexibility index (Phi) is 10.5. The summed E-state index contributed by atoms with van der Waals surface area (Å²) in [6, 6.07) is 0. The molecule has 0 aliphatic heterocycles. The number of aliphatic carboxylic acids is 2. The van der Waals surface area contributed by atoms with E-state index < -0.39 is 17.4 Å². The molecule has 0 radical (unpaired) electrons. The van der Waals surface area contributed by atoms with Crippen LogP contribution in [0.1, 0.15) is 32.6 Å². The third kappa shape index (κ3) is 5.46. The fourth-order valence-corrected chi connectivity index (χ4v) is 1.42. The molecule has 1 rings (SSSR count). The quantitative estimate of drug-likeness (QED) is 0.459. The molecule has 0 saturated heterocycles. The number of carbonyl (C=O) groups is 2. The van der Waals surface area contributed by atoms with Crippen LogP contribution in [0.25, 0.3) is 0 Å². The summed E-state index contributed by atoms with van der Waals surface area (Å²) in [5.41, 5.74) is 8.89. The monoisotopic (exact) mass is 439 g/mol. The average Bonchev–Trinajstić information content (AvgIpc) is 2.15. The van der Waals surface area contributed by atoms with Gasteiger partial charge in [0.2, 0.25) is 0 Å². The van der Waals surface area contributed by atoms with Gasteiger partial charge in [-0.3, -0.25) is 0 Å². The van der Waals surface area contributed by atoms with Crippen LogP contribution >= 0.6 is 0 Å². The van der Waals surface area contributed by atoms with Gasteiger partial charge < -0.3 is 31.3 Å². The molecule has 1 fully saturated rings. The molecule has 0 aromatic heterocycles. The van der Waals surface area contributed by atoms with E-state index in [0.29, 0.717) is 12.3 Å². The zero-order valence-corrected chi connectivity index (χ0v) is 12.7. The summed E-state index contributed by atoms with van der Waals surface area (Å²) >= 11 is 0. The standard InChI is InChI=1S/C6H8O4.C5H14N2.Pt/c7-4(8)6(5(9)10)2-1-3-6;1-5(4-7)2-3-6;/h1-3H2,(H,7,8)(H,9,10);5H,2-4,6-7H2,1H3;/q;;+2/p-2. The Morgan fingerprint density at radius 1 is 1.22 bits per heavy atom. The molecule has 18 heavy (non-hydrogen) atoms. The van der Waals surface area contributed by atoms with Crippen molar-refractivity contribution in [2.24, 2.45) is 22.8 Å². The first-order valence-electron chi connectivity index (χ1n) is 5.73. The first kappa shape index (κ1) is 19.9. The average molecular weight is 439 g/mol. The number of carboxylic acid groups (broad SMARTS) is 2. The van der Waals surface area contributed by atoms with Crippen LogP contribution in [-0.2, 0) is 30.7 Å². The Morgan fingerprint density at radius 2 is 1.67 bits per heavy atom. The summed E-state index contributed by atoms with van der Waals surface area (Å²) in [6.45, 7) is 3.63. The first-order chi connectivity index (χ1) is 7.90. The molecule has 1 unspecified atom stereocenters. The molecular weight excluding hydrogens is 419 g/mol. The minimum Gasteiger partial charge on any atom is -0.549 e. The van der Waals surface area contributed by atoms with Crippen LogP contribution in [0.15, 0.2) is 0 Å². The normalized spacial score (nSPS) is 17.3. The second-order valence-corrected chi connectivity index (χ2v) is 4.43. The summed E-state index contributed by atoms with van der Waals surface area (Å²) in [4.78, 5) is 20.4. The third-order valence-corrected chi connectivity index (χ3v) is 3.05. The molecule has 1 saturated carbocycles. The van der Waals surface area contributed by atoms with Crippen molar-refractivity contribution in [1.82, 2.24) is 0 Å². The van der Waals surface area contributed by atoms with E-state index in [0.717, 1.165) is 19.5 Å². The number of carboxylic acids is 2. The minimum absolute atomic E-state index is 0. The van der Waals surface area contributed by atoms with Crippen LogP contribution in [0.3, 0.4) is 0 Å². The van der Waals surface area contributed by atoms with Gasteiger partial charge in [-0.15, -0.1) is 0 Å². The van der Waals surface area contributed by atoms with Gasteiger partial charge in [0, 0.05) is 5.41 Å². The smallest absolute Gasteiger partial charge is 0.549 e. The SMILES string of the molecule is CC(CN)CCN.O=C([O-])C1(C(=O)[O-])CCC1.[Pt+2]. The Hall–Kier alpha value is -0.452. The van der Waals surface area contributed by atoms with Gasteiger partial charge in [0.15, 0.2) is 0 Å². The van der Waals surface area contributed by atoms with Crippen molar-refractivity contribution in [1.29, 1.82) is 0 Å². The molecule has 4 N–H and O–H groups in total. The third-order valence-electron chi connectivity index (χ3n) is 3.05. The molecule has 0 amide bonds. The second-order valence-electron chi connectivity index (χ2n) is 4.43. The maximum atomic E-state index is 10.2. The van der Waals surface area contributed by atoms with Crippen molar-refractivity contribution >= 4 is 11.9 Å². The summed E-state index contributed by atoms with van der Waals surface area (Å²) in [5, 5.41) is 20.4. The summed E-state index contributed by atoms with van der Waals surface area (Å²) < 4.78 is 0. The molecule has 1 aliphatic carbocycles. The maximum absolute atomic E-state index is 10.2. The molecule has 0 bridgehead atoms. The molecule has 108 valence electrons. The Labute approximate surface area is 121 Å². The van der Waals surface area contributed by atoms with E-state index in [1.54, 1.807) is 0 Å². The molecule has 7 heteroatoms. The molecule has 0 aromatic rings. The minimum atomic E-state index is -1.67. The fraction of sp³-hybridized carbons (Fsp3) is 0.818. The van der Waals surface area contributed by atoms with Gasteiger partial charge in [0.1, 0.15) is 0 Å². The zero-order valence-electron chi connectivity index (χ0n) is 10.4. The molecular formula is C11H20N2O4Pt. The topological polar surface area (TPSA) is 132 Å². The number of rotatable bonds is 5. The number of hydrogen-bond donors (Lipinski definition) is 2. The van der Waals surface area contributed by atoms with Gasteiger partial charge in [-0.1, -0.05) is 13.3 Å². The van der Waals surface area contributed by atoms with Crippen molar-refractivity contribution in [2.75, 3.05) is 13.1 Å². The van der Waals surface area contributed by atoms with E-state index in [2.05, 4.69) is 6.92 Å². The van der Waals surface area contributed by atoms with E-state index in [9.17, 15) is 19.8 Å². The Balaban J connectivity index is 0. The van der Waals surface area contributed by atoms with Gasteiger partial charge in [-0.2, -0.15) is 0 Å². The van der Waals surface area contributed by atoms with E-state index >= 15 is 0 Å². The predicted octanol–water partition coefficient (Wildman–Crippen LogP) is -2.42. The van der Waals surface area contributed by atoms with Crippen LogP contribution in [-0.4, -0.2) is 25.0 Å². The van der Waals surface area contributed by atoms with Crippen LogP contribution in [0.4, 0.5) is 0 Å². The summed E-state index contributed by atoms with van der Waals surface area (Å²) in [7, 11) is 0. The van der Waals surface area contributed by atoms with Crippen molar-refractivity contribution in [2.45, 2.75) is 32.6 Å². The largest absolute Gasteiger partial charge is 2.00 e. The van der Waals surface area contributed by atoms with Crippen LogP contribution in [0.5, 0.6) is 0 Å². The van der Waals surface area contributed by atoms with Crippen LogP contribution in [0, 0.1) is 11.3 Å². The van der Waals surface area contributed by atoms with E-state index in [-0.39, 0.29) is 33.9 Å². The summed E-state index contributed by atoms with van der Waals surface area (Å²) in [6.07, 6.45) is 1.98. The number of nitrogens with two attached hydrogens (primary N) is 2. The molecule has 0 spiro atoms. The summed E-state index contributed by atoms with van der Waals surface area (Å²) in [5.74, 6) is -2.43. The molecule has 0 heterocycles. The molecule has 1 aliphatic rings. The maximum Gasteiger partial charge on any atom is 2.00 e. The predicted molar refractivity (Wildman–Crippen MR) is 58.2 cm³/mol. The van der Waals surface area contributed by atoms with Crippen LogP contribution < -0.4 is 21.7 Å². The van der Waals surface area contributed by atoms with Gasteiger partial charge in [0.25, 0.3) is 0 Å². The fourth-order valence-electron chi connectivity index (χ4n) is 1.42. The Morgan fingerprint density at radius 3 is 1.72 bits per heavy atom. The second kappa shape index (κ2) is 9.47. The first-order valence-corrected chi connectivity index (χ1v) is 5.73. The molecule has 0 aromatic carbocycles. The van der Waals surface area contributed by atoms with Crippen molar-refractivity contribution in [3.8, 4) is 0 Å². The zero-order chi connectivity index (χ0) is 13.5. The van der Waals surface area contributed by atoms with Gasteiger partial charge in [0.05, 0.1) is 11.9 Å². The molecule has 6 nitrogen and oxygen atoms in total. The molecule has 1 atom stereocenters. The van der Waals surface area contributed by atoms with Crippen molar-refractivity contribution in [3.05, 3.63) is 0 Å². The number of hydrogen-bond acceptors (Lipinski definition) is 6. The van der Waals surface area contributed by atoms with Gasteiger partial charge in [-0.25, -0.2) is 0 Å². The van der Waals surface area contributed by atoms with E-state index in [1.807, 2.05) is 0 Å². The van der Waals surface area contributed by atoms with E-state index in [1.165, 1.54) is 0 Å². The number of carbonyl (C=O) groups excluding carboxylic acids is 2. The Bertz CT molecular complexity index is 254. The van der Waals surface area contributed by atoms with Gasteiger partial charge in [-0.05, 0) is 38.3 Å².